The molecule has 2 aromatic carbocycles. The van der Waals surface area contributed by atoms with Gasteiger partial charge in [0.1, 0.15) is 6.04 Å². The highest BCUT2D eigenvalue weighted by atomic mass is 16.5. The maximum absolute atomic E-state index is 13.5. The van der Waals surface area contributed by atoms with E-state index in [1.54, 1.807) is 14.2 Å². The Kier molecular flexibility index (Phi) is 5.54. The molecule has 1 aromatic heterocycles. The van der Waals surface area contributed by atoms with Crippen molar-refractivity contribution in [2.45, 2.75) is 32.7 Å². The van der Waals surface area contributed by atoms with Gasteiger partial charge in [-0.05, 0) is 53.8 Å². The first-order valence-corrected chi connectivity index (χ1v) is 11.7. The molecule has 3 aromatic rings. The fraction of sp³-hybridized carbons (Fsp3) is 0.370. The molecule has 0 radical (unpaired) electrons. The van der Waals surface area contributed by atoms with Crippen molar-refractivity contribution < 1.29 is 14.3 Å². The normalized spacial score (nSPS) is 18.5. The van der Waals surface area contributed by atoms with E-state index in [0.29, 0.717) is 29.7 Å². The van der Waals surface area contributed by atoms with E-state index in [-0.39, 0.29) is 11.2 Å². The van der Waals surface area contributed by atoms with Gasteiger partial charge in [0.15, 0.2) is 23.1 Å². The Morgan fingerprint density at radius 2 is 1.74 bits per heavy atom. The smallest absolute Gasteiger partial charge is 0.226 e. The van der Waals surface area contributed by atoms with E-state index >= 15 is 0 Å². The predicted octanol–water partition coefficient (Wildman–Crippen LogP) is 4.69. The summed E-state index contributed by atoms with van der Waals surface area (Å²) in [6, 6.07) is 13.5. The number of methoxy groups -OCH3 is 2. The molecule has 8 nitrogen and oxygen atoms in total. The number of ether oxygens (including phenoxy) is 2. The number of aromatic nitrogens is 3. The topological polar surface area (TPSA) is 81.5 Å². The van der Waals surface area contributed by atoms with Gasteiger partial charge in [0, 0.05) is 43.0 Å². The number of ketones is 1. The standard InChI is InChI=1S/C27H31N5O3/c1-27(2)14-19-23(20(33)15-27)24(17-9-12-21(34-5)22(13-17)35-6)32-26(28-19)29-25(30-32)16-7-10-18(11-8-16)31(3)4/h7-13,24H,14-15H2,1-6H3,(H,28,29,30). The third kappa shape index (κ3) is 4.03. The summed E-state index contributed by atoms with van der Waals surface area (Å²) in [7, 11) is 7.24. The minimum atomic E-state index is -0.410. The van der Waals surface area contributed by atoms with E-state index in [1.165, 1.54) is 0 Å². The van der Waals surface area contributed by atoms with Gasteiger partial charge in [0.25, 0.3) is 0 Å². The molecule has 0 saturated heterocycles. The highest BCUT2D eigenvalue weighted by Gasteiger charge is 2.42. The van der Waals surface area contributed by atoms with Gasteiger partial charge in [0.2, 0.25) is 5.95 Å². The molecule has 1 unspecified atom stereocenters. The van der Waals surface area contributed by atoms with Crippen molar-refractivity contribution in [2.24, 2.45) is 5.41 Å². The lowest BCUT2D eigenvalue weighted by Crippen LogP contribution is -2.36. The number of rotatable bonds is 5. The number of fused-ring (bicyclic) bond motifs is 1. The molecular formula is C27H31N5O3. The van der Waals surface area contributed by atoms with Crippen molar-refractivity contribution in [3.63, 3.8) is 0 Å². The van der Waals surface area contributed by atoms with Crippen LogP contribution < -0.4 is 19.7 Å². The maximum Gasteiger partial charge on any atom is 0.226 e. The van der Waals surface area contributed by atoms with Crippen LogP contribution in [0.4, 0.5) is 11.6 Å². The van der Waals surface area contributed by atoms with Crippen molar-refractivity contribution in [3.8, 4) is 22.9 Å². The number of nitrogens with zero attached hydrogens (tertiary/aromatic N) is 4. The molecular weight excluding hydrogens is 442 g/mol. The van der Waals surface area contributed by atoms with Gasteiger partial charge in [-0.1, -0.05) is 19.9 Å². The molecule has 0 saturated carbocycles. The second-order valence-electron chi connectivity index (χ2n) is 10.1. The van der Waals surface area contributed by atoms with Gasteiger partial charge >= 0.3 is 0 Å². The third-order valence-corrected chi connectivity index (χ3v) is 6.70. The monoisotopic (exact) mass is 473 g/mol. The quantitative estimate of drug-likeness (QED) is 0.576. The third-order valence-electron chi connectivity index (χ3n) is 6.70. The zero-order chi connectivity index (χ0) is 24.9. The van der Waals surface area contributed by atoms with E-state index in [0.717, 1.165) is 34.5 Å². The number of anilines is 2. The van der Waals surface area contributed by atoms with Gasteiger partial charge in [-0.25, -0.2) is 4.68 Å². The lowest BCUT2D eigenvalue weighted by Gasteiger charge is -2.38. The number of allylic oxidation sites excluding steroid dienone is 2. The van der Waals surface area contributed by atoms with Gasteiger partial charge in [0.05, 0.1) is 14.2 Å². The van der Waals surface area contributed by atoms with Crippen molar-refractivity contribution in [1.82, 2.24) is 14.8 Å². The van der Waals surface area contributed by atoms with Crippen LogP contribution in [0.2, 0.25) is 0 Å². The van der Waals surface area contributed by atoms with Crippen LogP contribution in [0.25, 0.3) is 11.4 Å². The summed E-state index contributed by atoms with van der Waals surface area (Å²) >= 11 is 0. The second kappa shape index (κ2) is 8.45. The zero-order valence-corrected chi connectivity index (χ0v) is 21.0. The summed E-state index contributed by atoms with van der Waals surface area (Å²) in [5.74, 6) is 2.60. The molecule has 182 valence electrons. The number of hydrogen-bond donors (Lipinski definition) is 1. The molecule has 2 heterocycles. The molecule has 35 heavy (non-hydrogen) atoms. The Bertz CT molecular complexity index is 1320. The number of hydrogen-bond acceptors (Lipinski definition) is 7. The lowest BCUT2D eigenvalue weighted by atomic mass is 9.73. The first-order chi connectivity index (χ1) is 16.7. The average molecular weight is 474 g/mol. The summed E-state index contributed by atoms with van der Waals surface area (Å²) < 4.78 is 12.8. The highest BCUT2D eigenvalue weighted by Crippen LogP contribution is 2.46. The van der Waals surface area contributed by atoms with Crippen LogP contribution >= 0.6 is 0 Å². The molecule has 2 aliphatic rings. The minimum Gasteiger partial charge on any atom is -0.493 e. The van der Waals surface area contributed by atoms with Crippen LogP contribution in [0.1, 0.15) is 38.3 Å². The zero-order valence-electron chi connectivity index (χ0n) is 21.0. The Hall–Kier alpha value is -3.81. The molecule has 1 atom stereocenters. The van der Waals surface area contributed by atoms with Crippen molar-refractivity contribution in [2.75, 3.05) is 38.5 Å². The van der Waals surface area contributed by atoms with Gasteiger partial charge in [-0.3, -0.25) is 4.79 Å². The van der Waals surface area contributed by atoms with Crippen LogP contribution in [0.15, 0.2) is 53.7 Å². The number of carbonyl (C=O) groups excluding carboxylic acids is 1. The summed E-state index contributed by atoms with van der Waals surface area (Å²) in [5, 5.41) is 8.32. The Balaban J connectivity index is 1.65. The van der Waals surface area contributed by atoms with E-state index < -0.39 is 6.04 Å². The van der Waals surface area contributed by atoms with Crippen molar-refractivity contribution in [3.05, 3.63) is 59.3 Å². The van der Waals surface area contributed by atoms with Gasteiger partial charge in [-0.2, -0.15) is 4.98 Å². The first-order valence-electron chi connectivity index (χ1n) is 11.7. The molecule has 1 aliphatic carbocycles. The largest absolute Gasteiger partial charge is 0.493 e. The molecule has 0 bridgehead atoms. The molecule has 8 heteroatoms. The van der Waals surface area contributed by atoms with Crippen molar-refractivity contribution >= 4 is 17.4 Å². The predicted molar refractivity (Wildman–Crippen MR) is 136 cm³/mol. The number of carbonyl (C=O) groups is 1. The molecule has 5 rings (SSSR count). The van der Waals surface area contributed by atoms with Crippen LogP contribution in [0, 0.1) is 5.41 Å². The summed E-state index contributed by atoms with van der Waals surface area (Å²) in [6.45, 7) is 4.25. The summed E-state index contributed by atoms with van der Waals surface area (Å²) in [5.41, 5.74) is 4.44. The highest BCUT2D eigenvalue weighted by molar-refractivity contribution is 6.00. The second-order valence-corrected chi connectivity index (χ2v) is 10.1. The summed E-state index contributed by atoms with van der Waals surface area (Å²) in [4.78, 5) is 20.4. The Labute approximate surface area is 205 Å². The number of Topliss-reactive ketones (excluding diaryl/α,β-unsaturated/α-hetero) is 1. The van der Waals surface area contributed by atoms with Crippen LogP contribution in [-0.4, -0.2) is 48.9 Å². The van der Waals surface area contributed by atoms with Crippen LogP contribution in [-0.2, 0) is 4.79 Å². The summed E-state index contributed by atoms with van der Waals surface area (Å²) in [6.07, 6.45) is 1.25. The number of benzene rings is 2. The van der Waals surface area contributed by atoms with Gasteiger partial charge < -0.3 is 19.7 Å². The SMILES string of the molecule is COc1ccc(C2C3=C(CC(C)(C)CC3=O)Nc3nc(-c4ccc(N(C)C)cc4)nn32)cc1OC. The van der Waals surface area contributed by atoms with Crippen LogP contribution in [0.5, 0.6) is 11.5 Å². The van der Waals surface area contributed by atoms with Crippen LogP contribution in [0.3, 0.4) is 0 Å². The Morgan fingerprint density at radius 1 is 1.03 bits per heavy atom. The fourth-order valence-electron chi connectivity index (χ4n) is 4.97. The molecule has 0 spiro atoms. The molecule has 1 N–H and O–H groups in total. The molecule has 0 amide bonds. The van der Waals surface area contributed by atoms with Gasteiger partial charge in [-0.15, -0.1) is 5.10 Å². The van der Waals surface area contributed by atoms with E-state index in [9.17, 15) is 4.79 Å². The number of nitrogens with one attached hydrogen (secondary N) is 1. The lowest BCUT2D eigenvalue weighted by molar-refractivity contribution is -0.118. The van der Waals surface area contributed by atoms with E-state index in [1.807, 2.05) is 61.2 Å². The Morgan fingerprint density at radius 3 is 2.40 bits per heavy atom. The van der Waals surface area contributed by atoms with E-state index in [2.05, 4.69) is 24.1 Å². The minimum absolute atomic E-state index is 0.126. The maximum atomic E-state index is 13.5. The van der Waals surface area contributed by atoms with E-state index in [4.69, 9.17) is 19.6 Å². The van der Waals surface area contributed by atoms with Crippen molar-refractivity contribution in [1.29, 1.82) is 0 Å². The average Bonchev–Trinajstić information content (AvgIpc) is 3.25. The first kappa shape index (κ1) is 23.0. The fourth-order valence-corrected chi connectivity index (χ4v) is 4.97. The molecule has 1 aliphatic heterocycles. The molecule has 0 fully saturated rings.